The molecule has 5 nitrogen and oxygen atoms in total. The summed E-state index contributed by atoms with van der Waals surface area (Å²) in [6, 6.07) is 4.90. The number of carbonyl (C=O) groups is 1. The Hall–Kier alpha value is -1.14. The Balaban J connectivity index is 2.94. The molecule has 0 saturated carbocycles. The molecular formula is C12H16ClNO4. The Morgan fingerprint density at radius 1 is 1.28 bits per heavy atom. The molecule has 0 aliphatic rings. The maximum absolute atomic E-state index is 11.9. The van der Waals surface area contributed by atoms with Gasteiger partial charge in [-0.2, -0.15) is 0 Å². The quantitative estimate of drug-likeness (QED) is 0.612. The van der Waals surface area contributed by atoms with Crippen molar-refractivity contribution in [1.82, 2.24) is 5.32 Å². The van der Waals surface area contributed by atoms with Crippen molar-refractivity contribution in [3.8, 4) is 0 Å². The molecule has 6 heteroatoms. The van der Waals surface area contributed by atoms with Crippen molar-refractivity contribution in [2.24, 2.45) is 0 Å². The number of rotatable bonds is 5. The van der Waals surface area contributed by atoms with E-state index < -0.39 is 31.3 Å². The van der Waals surface area contributed by atoms with Crippen LogP contribution in [-0.4, -0.2) is 46.6 Å². The largest absolute Gasteiger partial charge is 0.394 e. The third-order valence-corrected chi connectivity index (χ3v) is 2.97. The van der Waals surface area contributed by atoms with Gasteiger partial charge in [-0.05, 0) is 24.6 Å². The van der Waals surface area contributed by atoms with Gasteiger partial charge in [0.2, 0.25) is 0 Å². The van der Waals surface area contributed by atoms with E-state index in [1.165, 1.54) is 0 Å². The monoisotopic (exact) mass is 273 g/mol. The first kappa shape index (κ1) is 14.9. The Morgan fingerprint density at radius 3 is 2.28 bits per heavy atom. The van der Waals surface area contributed by atoms with Gasteiger partial charge in [0.25, 0.3) is 5.91 Å². The number of aryl methyl sites for hydroxylation is 1. The summed E-state index contributed by atoms with van der Waals surface area (Å²) in [5.74, 6) is -0.558. The molecule has 0 aromatic heterocycles. The Bertz CT molecular complexity index is 424. The summed E-state index contributed by atoms with van der Waals surface area (Å²) in [7, 11) is 0. The maximum atomic E-state index is 11.9. The van der Waals surface area contributed by atoms with E-state index >= 15 is 0 Å². The van der Waals surface area contributed by atoms with Crippen LogP contribution in [0.25, 0.3) is 0 Å². The lowest BCUT2D eigenvalue weighted by molar-refractivity contribution is 0.0375. The van der Waals surface area contributed by atoms with Gasteiger partial charge in [-0.15, -0.1) is 0 Å². The van der Waals surface area contributed by atoms with Crippen LogP contribution in [0.2, 0.25) is 5.02 Å². The number of aliphatic hydroxyl groups is 3. The molecule has 1 amide bonds. The fraction of sp³-hybridized carbons (Fsp3) is 0.417. The van der Waals surface area contributed by atoms with Crippen molar-refractivity contribution >= 4 is 17.5 Å². The molecule has 0 radical (unpaired) electrons. The molecule has 1 aromatic rings. The standard InChI is InChI=1S/C12H16ClNO4/c1-8-2-3-9(10(13)4-8)11(18)14-12(5-15,6-16)7-17/h2-4,15-17H,5-7H2,1H3,(H,14,18). The zero-order valence-corrected chi connectivity index (χ0v) is 10.7. The number of nitrogens with one attached hydrogen (secondary N) is 1. The summed E-state index contributed by atoms with van der Waals surface area (Å²) >= 11 is 5.93. The summed E-state index contributed by atoms with van der Waals surface area (Å²) in [6.07, 6.45) is 0. The van der Waals surface area contributed by atoms with Gasteiger partial charge in [0.1, 0.15) is 5.54 Å². The SMILES string of the molecule is Cc1ccc(C(=O)NC(CO)(CO)CO)c(Cl)c1. The fourth-order valence-corrected chi connectivity index (χ4v) is 1.70. The third kappa shape index (κ3) is 3.20. The van der Waals surface area contributed by atoms with Gasteiger partial charge in [0.05, 0.1) is 30.4 Å². The average molecular weight is 274 g/mol. The third-order valence-electron chi connectivity index (χ3n) is 2.66. The summed E-state index contributed by atoms with van der Waals surface area (Å²) < 4.78 is 0. The van der Waals surface area contributed by atoms with Crippen molar-refractivity contribution in [3.05, 3.63) is 34.3 Å². The average Bonchev–Trinajstić information content (AvgIpc) is 2.36. The van der Waals surface area contributed by atoms with Crippen LogP contribution in [-0.2, 0) is 0 Å². The molecule has 0 unspecified atom stereocenters. The summed E-state index contributed by atoms with van der Waals surface area (Å²) in [4.78, 5) is 11.9. The number of carbonyl (C=O) groups excluding carboxylic acids is 1. The van der Waals surface area contributed by atoms with Crippen molar-refractivity contribution in [1.29, 1.82) is 0 Å². The molecule has 1 aromatic carbocycles. The van der Waals surface area contributed by atoms with Gasteiger partial charge in [-0.1, -0.05) is 17.7 Å². The molecule has 0 atom stereocenters. The Kier molecular flexibility index (Phi) is 5.10. The van der Waals surface area contributed by atoms with Crippen molar-refractivity contribution in [2.75, 3.05) is 19.8 Å². The molecule has 0 saturated heterocycles. The zero-order valence-electron chi connectivity index (χ0n) is 9.98. The molecule has 1 rings (SSSR count). The minimum Gasteiger partial charge on any atom is -0.394 e. The topological polar surface area (TPSA) is 89.8 Å². The lowest BCUT2D eigenvalue weighted by Gasteiger charge is -2.28. The van der Waals surface area contributed by atoms with Gasteiger partial charge in [0.15, 0.2) is 0 Å². The fourth-order valence-electron chi connectivity index (χ4n) is 1.38. The number of hydrogen-bond donors (Lipinski definition) is 4. The van der Waals surface area contributed by atoms with E-state index in [2.05, 4.69) is 5.32 Å². The molecule has 0 bridgehead atoms. The van der Waals surface area contributed by atoms with E-state index in [9.17, 15) is 4.79 Å². The smallest absolute Gasteiger partial charge is 0.253 e. The first-order valence-electron chi connectivity index (χ1n) is 5.39. The molecule has 100 valence electrons. The molecule has 0 heterocycles. The molecule has 0 aliphatic carbocycles. The summed E-state index contributed by atoms with van der Waals surface area (Å²) in [5, 5.41) is 30.0. The normalized spacial score (nSPS) is 11.4. The highest BCUT2D eigenvalue weighted by Crippen LogP contribution is 2.18. The van der Waals surface area contributed by atoms with Crippen LogP contribution in [0.4, 0.5) is 0 Å². The minimum absolute atomic E-state index is 0.224. The van der Waals surface area contributed by atoms with Crippen LogP contribution in [0.5, 0.6) is 0 Å². The number of halogens is 1. The van der Waals surface area contributed by atoms with Crippen molar-refractivity contribution < 1.29 is 20.1 Å². The van der Waals surface area contributed by atoms with Gasteiger partial charge in [-0.25, -0.2) is 0 Å². The Labute approximate surface area is 110 Å². The van der Waals surface area contributed by atoms with E-state index in [0.717, 1.165) is 5.56 Å². The van der Waals surface area contributed by atoms with Crippen LogP contribution >= 0.6 is 11.6 Å². The van der Waals surface area contributed by atoms with Gasteiger partial charge >= 0.3 is 0 Å². The molecule has 0 aliphatic heterocycles. The van der Waals surface area contributed by atoms with Crippen LogP contribution < -0.4 is 5.32 Å². The predicted molar refractivity (Wildman–Crippen MR) is 67.6 cm³/mol. The zero-order chi connectivity index (χ0) is 13.8. The predicted octanol–water partition coefficient (Wildman–Crippen LogP) is 0.0939. The summed E-state index contributed by atoms with van der Waals surface area (Å²) in [6.45, 7) is 0.118. The van der Waals surface area contributed by atoms with Crippen LogP contribution in [0.1, 0.15) is 15.9 Å². The number of aliphatic hydroxyl groups excluding tert-OH is 3. The van der Waals surface area contributed by atoms with E-state index in [4.69, 9.17) is 26.9 Å². The number of hydrogen-bond acceptors (Lipinski definition) is 4. The maximum Gasteiger partial charge on any atom is 0.253 e. The van der Waals surface area contributed by atoms with Crippen molar-refractivity contribution in [2.45, 2.75) is 12.5 Å². The molecule has 18 heavy (non-hydrogen) atoms. The first-order valence-corrected chi connectivity index (χ1v) is 5.77. The summed E-state index contributed by atoms with van der Waals surface area (Å²) in [5.41, 5.74) is -0.318. The van der Waals surface area contributed by atoms with Gasteiger partial charge in [-0.3, -0.25) is 4.79 Å². The molecule has 0 spiro atoms. The van der Waals surface area contributed by atoms with E-state index in [1.807, 2.05) is 6.92 Å². The second kappa shape index (κ2) is 6.15. The van der Waals surface area contributed by atoms with E-state index in [0.29, 0.717) is 0 Å². The van der Waals surface area contributed by atoms with Crippen LogP contribution in [0.15, 0.2) is 18.2 Å². The minimum atomic E-state index is -1.45. The van der Waals surface area contributed by atoms with E-state index in [1.54, 1.807) is 18.2 Å². The second-order valence-electron chi connectivity index (χ2n) is 4.19. The van der Waals surface area contributed by atoms with Crippen LogP contribution in [0.3, 0.4) is 0 Å². The lowest BCUT2D eigenvalue weighted by Crippen LogP contribution is -2.57. The lowest BCUT2D eigenvalue weighted by atomic mass is 10.0. The number of amides is 1. The number of benzene rings is 1. The molecule has 0 fully saturated rings. The highest BCUT2D eigenvalue weighted by Gasteiger charge is 2.30. The highest BCUT2D eigenvalue weighted by atomic mass is 35.5. The Morgan fingerprint density at radius 2 is 1.83 bits per heavy atom. The van der Waals surface area contributed by atoms with Gasteiger partial charge in [0, 0.05) is 0 Å². The molecule has 4 N–H and O–H groups in total. The highest BCUT2D eigenvalue weighted by molar-refractivity contribution is 6.33. The second-order valence-corrected chi connectivity index (χ2v) is 4.60. The molecular weight excluding hydrogens is 258 g/mol. The van der Waals surface area contributed by atoms with E-state index in [-0.39, 0.29) is 10.6 Å². The first-order chi connectivity index (χ1) is 8.48. The van der Waals surface area contributed by atoms with Crippen molar-refractivity contribution in [3.63, 3.8) is 0 Å². The van der Waals surface area contributed by atoms with Crippen LogP contribution in [0, 0.1) is 6.92 Å². The van der Waals surface area contributed by atoms with Gasteiger partial charge < -0.3 is 20.6 Å².